The minimum absolute atomic E-state index is 0.0480. The van der Waals surface area contributed by atoms with Crippen molar-refractivity contribution in [3.05, 3.63) is 0 Å². The van der Waals surface area contributed by atoms with Gasteiger partial charge in [0.15, 0.2) is 5.84 Å². The summed E-state index contributed by atoms with van der Waals surface area (Å²) in [6.45, 7) is 1.41. The van der Waals surface area contributed by atoms with Crippen LogP contribution in [0.3, 0.4) is 0 Å². The normalized spacial score (nSPS) is 26.4. The van der Waals surface area contributed by atoms with Gasteiger partial charge in [-0.1, -0.05) is 24.4 Å². The van der Waals surface area contributed by atoms with Crippen LogP contribution in [0.2, 0.25) is 0 Å². The molecule has 2 rings (SSSR count). The number of oxime groups is 1. The van der Waals surface area contributed by atoms with E-state index >= 15 is 0 Å². The minimum atomic E-state index is -0.816. The summed E-state index contributed by atoms with van der Waals surface area (Å²) >= 11 is 0. The number of nitrogens with two attached hydrogens (primary N) is 1. The third-order valence-corrected chi connectivity index (χ3v) is 4.52. The molecule has 20 heavy (non-hydrogen) atoms. The zero-order valence-corrected chi connectivity index (χ0v) is 11.9. The van der Waals surface area contributed by atoms with Crippen LogP contribution >= 0.6 is 0 Å². The number of ether oxygens (including phenoxy) is 1. The van der Waals surface area contributed by atoms with E-state index in [0.29, 0.717) is 19.4 Å². The smallest absolute Gasteiger partial charge is 0.233 e. The summed E-state index contributed by atoms with van der Waals surface area (Å²) in [6.07, 6.45) is 7.57. The maximum absolute atomic E-state index is 12.5. The fraction of sp³-hybridized carbons (Fsp3) is 0.857. The molecule has 0 radical (unpaired) electrons. The van der Waals surface area contributed by atoms with Crippen molar-refractivity contribution >= 4 is 11.7 Å². The summed E-state index contributed by atoms with van der Waals surface area (Å²) in [7, 11) is 0. The van der Waals surface area contributed by atoms with Crippen molar-refractivity contribution in [2.45, 2.75) is 57.5 Å². The van der Waals surface area contributed by atoms with Crippen LogP contribution in [0.5, 0.6) is 0 Å². The second-order valence-electron chi connectivity index (χ2n) is 5.81. The van der Waals surface area contributed by atoms with Crippen molar-refractivity contribution in [1.82, 2.24) is 5.32 Å². The molecule has 0 spiro atoms. The van der Waals surface area contributed by atoms with Gasteiger partial charge >= 0.3 is 0 Å². The molecule has 2 fully saturated rings. The van der Waals surface area contributed by atoms with Crippen LogP contribution in [-0.4, -0.2) is 36.2 Å². The fourth-order valence-corrected chi connectivity index (χ4v) is 3.24. The van der Waals surface area contributed by atoms with Crippen molar-refractivity contribution in [3.8, 4) is 0 Å². The lowest BCUT2D eigenvalue weighted by Gasteiger charge is -2.34. The maximum Gasteiger partial charge on any atom is 0.233 e. The van der Waals surface area contributed by atoms with Gasteiger partial charge in [-0.2, -0.15) is 0 Å². The molecule has 0 bridgehead atoms. The summed E-state index contributed by atoms with van der Waals surface area (Å²) in [5.74, 6) is -0.0580. The number of nitrogens with one attached hydrogen (secondary N) is 1. The van der Waals surface area contributed by atoms with E-state index in [9.17, 15) is 4.79 Å². The molecule has 1 heterocycles. The molecule has 4 N–H and O–H groups in total. The van der Waals surface area contributed by atoms with Gasteiger partial charge in [-0.25, -0.2) is 0 Å². The van der Waals surface area contributed by atoms with Gasteiger partial charge in [0, 0.05) is 13.2 Å². The van der Waals surface area contributed by atoms with Gasteiger partial charge in [0.1, 0.15) is 5.41 Å². The van der Waals surface area contributed by atoms with Crippen LogP contribution in [0.1, 0.15) is 51.4 Å². The summed E-state index contributed by atoms with van der Waals surface area (Å²) < 4.78 is 5.53. The van der Waals surface area contributed by atoms with Gasteiger partial charge in [-0.3, -0.25) is 4.79 Å². The molecule has 2 aliphatic rings. The standard InChI is InChI=1S/C14H25N3O3/c15-12(17-19)14(7-2-1-3-8-14)13(18)16-9-6-11-5-4-10-20-11/h11,19H,1-10H2,(H2,15,17)(H,16,18). The van der Waals surface area contributed by atoms with Crippen molar-refractivity contribution in [3.63, 3.8) is 0 Å². The number of rotatable bonds is 5. The molecule has 1 saturated heterocycles. The highest BCUT2D eigenvalue weighted by Crippen LogP contribution is 2.36. The Labute approximate surface area is 119 Å². The summed E-state index contributed by atoms with van der Waals surface area (Å²) in [4.78, 5) is 12.5. The van der Waals surface area contributed by atoms with E-state index in [2.05, 4.69) is 10.5 Å². The average Bonchev–Trinajstić information content (AvgIpc) is 3.00. The van der Waals surface area contributed by atoms with Crippen LogP contribution in [-0.2, 0) is 9.53 Å². The topological polar surface area (TPSA) is 96.9 Å². The lowest BCUT2D eigenvalue weighted by Crippen LogP contribution is -2.51. The third-order valence-electron chi connectivity index (χ3n) is 4.52. The first kappa shape index (κ1) is 15.1. The van der Waals surface area contributed by atoms with Crippen LogP contribution in [0.25, 0.3) is 0 Å². The number of hydrogen-bond donors (Lipinski definition) is 3. The second kappa shape index (κ2) is 6.92. The molecule has 1 atom stereocenters. The number of hydrogen-bond acceptors (Lipinski definition) is 4. The number of amides is 1. The second-order valence-corrected chi connectivity index (χ2v) is 5.81. The van der Waals surface area contributed by atoms with Crippen LogP contribution in [0.15, 0.2) is 5.16 Å². The molecule has 0 aromatic carbocycles. The van der Waals surface area contributed by atoms with Gasteiger partial charge < -0.3 is 21.0 Å². The number of amidine groups is 1. The molecule has 0 aromatic heterocycles. The first-order valence-corrected chi connectivity index (χ1v) is 7.57. The first-order chi connectivity index (χ1) is 9.69. The molecule has 1 saturated carbocycles. The Morgan fingerprint density at radius 3 is 2.70 bits per heavy atom. The van der Waals surface area contributed by atoms with Crippen molar-refractivity contribution in [2.24, 2.45) is 16.3 Å². The monoisotopic (exact) mass is 283 g/mol. The largest absolute Gasteiger partial charge is 0.409 e. The molecule has 1 amide bonds. The van der Waals surface area contributed by atoms with Gasteiger partial charge in [-0.05, 0) is 32.1 Å². The summed E-state index contributed by atoms with van der Waals surface area (Å²) in [5.41, 5.74) is 4.98. The summed E-state index contributed by atoms with van der Waals surface area (Å²) in [6, 6.07) is 0. The highest BCUT2D eigenvalue weighted by molar-refractivity contribution is 6.06. The number of nitrogens with zero attached hydrogens (tertiary/aromatic N) is 1. The van der Waals surface area contributed by atoms with Crippen molar-refractivity contribution in [2.75, 3.05) is 13.2 Å². The van der Waals surface area contributed by atoms with Crippen LogP contribution < -0.4 is 11.1 Å². The molecule has 1 unspecified atom stereocenters. The van der Waals surface area contributed by atoms with Crippen molar-refractivity contribution in [1.29, 1.82) is 0 Å². The molecule has 6 nitrogen and oxygen atoms in total. The highest BCUT2D eigenvalue weighted by Gasteiger charge is 2.43. The molecular formula is C14H25N3O3. The van der Waals surface area contributed by atoms with Gasteiger partial charge in [-0.15, -0.1) is 0 Å². The lowest BCUT2D eigenvalue weighted by atomic mass is 9.72. The van der Waals surface area contributed by atoms with Crippen molar-refractivity contribution < 1.29 is 14.7 Å². The Hall–Kier alpha value is -1.30. The van der Waals surface area contributed by atoms with E-state index < -0.39 is 5.41 Å². The Balaban J connectivity index is 1.89. The van der Waals surface area contributed by atoms with E-state index in [1.807, 2.05) is 0 Å². The molecular weight excluding hydrogens is 258 g/mol. The van der Waals surface area contributed by atoms with Gasteiger partial charge in [0.05, 0.1) is 6.10 Å². The minimum Gasteiger partial charge on any atom is -0.409 e. The number of carbonyl (C=O) groups excluding carboxylic acids is 1. The Morgan fingerprint density at radius 1 is 1.35 bits per heavy atom. The van der Waals surface area contributed by atoms with E-state index in [0.717, 1.165) is 45.1 Å². The third kappa shape index (κ3) is 3.23. The zero-order valence-electron chi connectivity index (χ0n) is 11.9. The zero-order chi connectivity index (χ0) is 14.4. The van der Waals surface area contributed by atoms with Gasteiger partial charge in [0.25, 0.3) is 0 Å². The lowest BCUT2D eigenvalue weighted by molar-refractivity contribution is -0.129. The van der Waals surface area contributed by atoms with E-state index in [1.165, 1.54) is 0 Å². The molecule has 114 valence electrons. The molecule has 1 aliphatic heterocycles. The fourth-order valence-electron chi connectivity index (χ4n) is 3.24. The van der Waals surface area contributed by atoms with E-state index in [4.69, 9.17) is 15.7 Å². The Kier molecular flexibility index (Phi) is 5.23. The molecule has 6 heteroatoms. The van der Waals surface area contributed by atoms with E-state index in [-0.39, 0.29) is 17.8 Å². The predicted octanol–water partition coefficient (Wildman–Crippen LogP) is 1.37. The highest BCUT2D eigenvalue weighted by atomic mass is 16.5. The average molecular weight is 283 g/mol. The summed E-state index contributed by atoms with van der Waals surface area (Å²) in [5, 5.41) is 15.0. The SMILES string of the molecule is NC(=NO)C1(C(=O)NCCC2CCCO2)CCCCC1. The van der Waals surface area contributed by atoms with Crippen LogP contribution in [0.4, 0.5) is 0 Å². The Bertz CT molecular complexity index is 359. The molecule has 0 aromatic rings. The quantitative estimate of drug-likeness (QED) is 0.307. The first-order valence-electron chi connectivity index (χ1n) is 7.57. The number of carbonyl (C=O) groups is 1. The maximum atomic E-state index is 12.5. The van der Waals surface area contributed by atoms with Crippen LogP contribution in [0, 0.1) is 5.41 Å². The predicted molar refractivity (Wildman–Crippen MR) is 75.5 cm³/mol. The Morgan fingerprint density at radius 2 is 2.10 bits per heavy atom. The molecule has 1 aliphatic carbocycles. The van der Waals surface area contributed by atoms with E-state index in [1.54, 1.807) is 0 Å². The van der Waals surface area contributed by atoms with Gasteiger partial charge in [0.2, 0.25) is 5.91 Å².